The highest BCUT2D eigenvalue weighted by Gasteiger charge is 2.39. The van der Waals surface area contributed by atoms with Gasteiger partial charge in [0, 0.05) is 24.2 Å². The van der Waals surface area contributed by atoms with Gasteiger partial charge in [0.15, 0.2) is 0 Å². The Kier molecular flexibility index (Phi) is 8.22. The predicted octanol–water partition coefficient (Wildman–Crippen LogP) is 7.55. The van der Waals surface area contributed by atoms with Crippen molar-refractivity contribution in [1.82, 2.24) is 9.88 Å². The largest absolute Gasteiger partial charge is 0.485 e. The summed E-state index contributed by atoms with van der Waals surface area (Å²) in [6, 6.07) is 14.7. The molecule has 3 aromatic rings. The zero-order valence-electron chi connectivity index (χ0n) is 24.8. The molecule has 2 aliphatic heterocycles. The number of ether oxygens (including phenoxy) is 2. The van der Waals surface area contributed by atoms with Crippen molar-refractivity contribution in [3.05, 3.63) is 76.7 Å². The van der Waals surface area contributed by atoms with Crippen molar-refractivity contribution >= 4 is 5.97 Å². The summed E-state index contributed by atoms with van der Waals surface area (Å²) in [6.45, 7) is 5.94. The lowest BCUT2D eigenvalue weighted by molar-refractivity contribution is -0.142. The lowest BCUT2D eigenvalue weighted by atomic mass is 9.82. The first-order chi connectivity index (χ1) is 20.3. The third-order valence-corrected chi connectivity index (χ3v) is 9.63. The van der Waals surface area contributed by atoms with Crippen LogP contribution in [-0.4, -0.2) is 40.7 Å². The summed E-state index contributed by atoms with van der Waals surface area (Å²) in [4.78, 5) is 18.5. The number of benzene rings is 2. The molecule has 1 N–H and O–H groups in total. The van der Waals surface area contributed by atoms with Crippen molar-refractivity contribution < 1.29 is 23.8 Å². The molecule has 42 heavy (non-hydrogen) atoms. The van der Waals surface area contributed by atoms with Gasteiger partial charge in [0.05, 0.1) is 19.2 Å². The molecule has 222 valence electrons. The fourth-order valence-electron chi connectivity index (χ4n) is 6.98. The van der Waals surface area contributed by atoms with Crippen LogP contribution in [0.4, 0.5) is 4.39 Å². The standard InChI is InChI=1S/C35H41FN2O4/c1-21-6-4-5-15-38(21)20-27-16-25(29-18-33(41-3)37-19-30(29)36)11-13-28(27)31-14-12-23-7-10-26(17-32(23)42-31)34(24-8-9-24)22(2)35(39)40/h7,10-11,13,16-19,21-22,24,31,34H,4-6,8-9,12,14-15,20H2,1-3H3,(H,39,40)/t21-,22-,31?,34?/m0/s1. The Morgan fingerprint density at radius 1 is 1.14 bits per heavy atom. The molecule has 1 aromatic heterocycles. The molecule has 0 bridgehead atoms. The molecule has 0 radical (unpaired) electrons. The van der Waals surface area contributed by atoms with E-state index in [-0.39, 0.29) is 17.8 Å². The maximum atomic E-state index is 14.9. The van der Waals surface area contributed by atoms with Gasteiger partial charge in [0.1, 0.15) is 17.7 Å². The summed E-state index contributed by atoms with van der Waals surface area (Å²) < 4.78 is 27.0. The fraction of sp³-hybridized carbons (Fsp3) is 0.486. The summed E-state index contributed by atoms with van der Waals surface area (Å²) in [7, 11) is 1.54. The number of carboxylic acid groups (broad SMARTS) is 1. The summed E-state index contributed by atoms with van der Waals surface area (Å²) in [5.41, 5.74) is 5.78. The predicted molar refractivity (Wildman–Crippen MR) is 160 cm³/mol. The number of hydrogen-bond acceptors (Lipinski definition) is 5. The van der Waals surface area contributed by atoms with E-state index in [4.69, 9.17) is 9.47 Å². The number of carboxylic acids is 1. The first-order valence-corrected chi connectivity index (χ1v) is 15.4. The van der Waals surface area contributed by atoms with Gasteiger partial charge in [-0.15, -0.1) is 0 Å². The molecule has 1 aliphatic carbocycles. The number of nitrogens with zero attached hydrogens (tertiary/aromatic N) is 2. The van der Waals surface area contributed by atoms with Crippen molar-refractivity contribution in [2.75, 3.05) is 13.7 Å². The normalized spacial score (nSPS) is 22.1. The number of carbonyl (C=O) groups is 1. The van der Waals surface area contributed by atoms with Crippen LogP contribution in [0.15, 0.2) is 48.7 Å². The van der Waals surface area contributed by atoms with Crippen LogP contribution in [0.2, 0.25) is 0 Å². The fourth-order valence-corrected chi connectivity index (χ4v) is 6.98. The molecule has 6 rings (SSSR count). The monoisotopic (exact) mass is 572 g/mol. The molecular formula is C35H41FN2O4. The van der Waals surface area contributed by atoms with E-state index >= 15 is 0 Å². The van der Waals surface area contributed by atoms with E-state index in [1.54, 1.807) is 6.07 Å². The minimum atomic E-state index is -0.747. The number of halogens is 1. The highest BCUT2D eigenvalue weighted by atomic mass is 19.1. The number of likely N-dealkylation sites (tertiary alicyclic amines) is 1. The summed E-state index contributed by atoms with van der Waals surface area (Å²) in [5, 5.41) is 9.79. The molecule has 2 aromatic carbocycles. The Labute approximate surface area is 247 Å². The van der Waals surface area contributed by atoms with Crippen molar-refractivity contribution in [3.8, 4) is 22.8 Å². The molecule has 0 amide bonds. The molecule has 4 atom stereocenters. The topological polar surface area (TPSA) is 71.9 Å². The third kappa shape index (κ3) is 5.89. The Balaban J connectivity index is 1.34. The molecule has 1 saturated heterocycles. The molecule has 1 saturated carbocycles. The summed E-state index contributed by atoms with van der Waals surface area (Å²) >= 11 is 0. The van der Waals surface area contributed by atoms with E-state index in [9.17, 15) is 14.3 Å². The van der Waals surface area contributed by atoms with Crippen LogP contribution in [0, 0.1) is 17.7 Å². The summed E-state index contributed by atoms with van der Waals surface area (Å²) in [5.74, 6) is 0.101. The molecular weight excluding hydrogens is 531 g/mol. The number of pyridine rings is 1. The van der Waals surface area contributed by atoms with Crippen LogP contribution in [0.3, 0.4) is 0 Å². The number of piperidine rings is 1. The minimum absolute atomic E-state index is 0.000500. The number of aryl methyl sites for hydroxylation is 1. The van der Waals surface area contributed by atoms with Crippen LogP contribution in [0.5, 0.6) is 11.6 Å². The second-order valence-electron chi connectivity index (χ2n) is 12.4. The number of fused-ring (bicyclic) bond motifs is 1. The van der Waals surface area contributed by atoms with E-state index in [1.165, 1.54) is 38.1 Å². The van der Waals surface area contributed by atoms with Gasteiger partial charge in [-0.25, -0.2) is 9.37 Å². The van der Waals surface area contributed by atoms with Gasteiger partial charge in [0.25, 0.3) is 0 Å². The molecule has 3 aliphatic rings. The van der Waals surface area contributed by atoms with Crippen LogP contribution in [0.25, 0.3) is 11.1 Å². The van der Waals surface area contributed by atoms with Crippen molar-refractivity contribution in [2.24, 2.45) is 11.8 Å². The van der Waals surface area contributed by atoms with Crippen molar-refractivity contribution in [1.29, 1.82) is 0 Å². The first-order valence-electron chi connectivity index (χ1n) is 15.4. The number of aromatic nitrogens is 1. The van der Waals surface area contributed by atoms with Crippen LogP contribution >= 0.6 is 0 Å². The maximum absolute atomic E-state index is 14.9. The van der Waals surface area contributed by atoms with E-state index in [1.807, 2.05) is 13.0 Å². The second-order valence-corrected chi connectivity index (χ2v) is 12.4. The quantitative estimate of drug-likeness (QED) is 0.285. The smallest absolute Gasteiger partial charge is 0.306 e. The molecule has 3 heterocycles. The third-order valence-electron chi connectivity index (χ3n) is 9.63. The van der Waals surface area contributed by atoms with Crippen LogP contribution in [0.1, 0.15) is 86.6 Å². The average Bonchev–Trinajstić information content (AvgIpc) is 3.83. The van der Waals surface area contributed by atoms with Gasteiger partial charge < -0.3 is 14.6 Å². The Bertz CT molecular complexity index is 1450. The van der Waals surface area contributed by atoms with Gasteiger partial charge in [-0.3, -0.25) is 9.69 Å². The molecule has 0 spiro atoms. The van der Waals surface area contributed by atoms with Crippen molar-refractivity contribution in [3.63, 3.8) is 0 Å². The Hall–Kier alpha value is -3.45. The summed E-state index contributed by atoms with van der Waals surface area (Å²) in [6.07, 6.45) is 8.59. The van der Waals surface area contributed by atoms with E-state index in [2.05, 4.69) is 47.1 Å². The van der Waals surface area contributed by atoms with Crippen LogP contribution in [-0.2, 0) is 17.8 Å². The number of aliphatic carboxylic acids is 1. The molecule has 2 fully saturated rings. The van der Waals surface area contributed by atoms with Gasteiger partial charge in [-0.2, -0.15) is 0 Å². The van der Waals surface area contributed by atoms with Crippen molar-refractivity contribution in [2.45, 2.75) is 83.4 Å². The SMILES string of the molecule is COc1cc(-c2ccc(C3CCc4ccc(C(C5CC5)[C@H](C)C(=O)O)cc4O3)c(CN3CCCC[C@@H]3C)c2)c(F)cn1. The maximum Gasteiger partial charge on any atom is 0.306 e. The lowest BCUT2D eigenvalue weighted by Crippen LogP contribution is -2.37. The average molecular weight is 573 g/mol. The molecule has 2 unspecified atom stereocenters. The lowest BCUT2D eigenvalue weighted by Gasteiger charge is -2.35. The number of rotatable bonds is 9. The van der Waals surface area contributed by atoms with E-state index in [0.29, 0.717) is 23.4 Å². The number of methoxy groups -OCH3 is 1. The highest BCUT2D eigenvalue weighted by molar-refractivity contribution is 5.71. The molecule has 7 heteroatoms. The first kappa shape index (κ1) is 28.7. The van der Waals surface area contributed by atoms with E-state index < -0.39 is 11.9 Å². The van der Waals surface area contributed by atoms with E-state index in [0.717, 1.165) is 66.8 Å². The van der Waals surface area contributed by atoms with Gasteiger partial charge in [0.2, 0.25) is 5.88 Å². The second kappa shape index (κ2) is 12.0. The highest BCUT2D eigenvalue weighted by Crippen LogP contribution is 2.48. The van der Waals surface area contributed by atoms with Gasteiger partial charge in [-0.05, 0) is 104 Å². The number of hydrogen-bond donors (Lipinski definition) is 1. The minimum Gasteiger partial charge on any atom is -0.485 e. The van der Waals surface area contributed by atoms with Crippen LogP contribution < -0.4 is 9.47 Å². The Morgan fingerprint density at radius 3 is 2.71 bits per heavy atom. The zero-order valence-corrected chi connectivity index (χ0v) is 24.8. The zero-order chi connectivity index (χ0) is 29.4. The van der Waals surface area contributed by atoms with Gasteiger partial charge in [-0.1, -0.05) is 37.6 Å². The molecule has 6 nitrogen and oxygen atoms in total. The Morgan fingerprint density at radius 2 is 1.98 bits per heavy atom. The van der Waals surface area contributed by atoms with Gasteiger partial charge >= 0.3 is 5.97 Å².